The van der Waals surface area contributed by atoms with E-state index in [2.05, 4.69) is 84.6 Å². The predicted molar refractivity (Wildman–Crippen MR) is 82.3 cm³/mol. The highest BCUT2D eigenvalue weighted by Crippen LogP contribution is 2.61. The fourth-order valence-electron chi connectivity index (χ4n) is 3.48. The standard InChI is InChI=1S/C18H16S/c1-3-7-14(8-4-1)18(15-9-5-2-6-10-15)16-11-12-17(13-16)19-18/h1-12,16-17H,13H2. The molecule has 94 valence electrons. The van der Waals surface area contributed by atoms with Gasteiger partial charge in [0.25, 0.3) is 0 Å². The number of benzene rings is 2. The summed E-state index contributed by atoms with van der Waals surface area (Å²) in [5.74, 6) is 0.632. The van der Waals surface area contributed by atoms with Crippen LogP contribution in [0.1, 0.15) is 17.5 Å². The van der Waals surface area contributed by atoms with Crippen LogP contribution in [0.4, 0.5) is 0 Å². The number of hydrogen-bond acceptors (Lipinski definition) is 1. The van der Waals surface area contributed by atoms with Crippen molar-refractivity contribution in [2.24, 2.45) is 5.92 Å². The summed E-state index contributed by atoms with van der Waals surface area (Å²) < 4.78 is 0.127. The summed E-state index contributed by atoms with van der Waals surface area (Å²) in [5, 5.41) is 0.686. The number of fused-ring (bicyclic) bond motifs is 2. The van der Waals surface area contributed by atoms with Crippen LogP contribution in [0.2, 0.25) is 0 Å². The molecule has 1 fully saturated rings. The van der Waals surface area contributed by atoms with E-state index in [1.807, 2.05) is 0 Å². The summed E-state index contributed by atoms with van der Waals surface area (Å²) in [6.45, 7) is 0. The SMILES string of the molecule is C1=CC2CC1SC2(c1ccccc1)c1ccccc1. The first kappa shape index (κ1) is 11.4. The molecule has 0 radical (unpaired) electrons. The molecule has 1 heterocycles. The number of hydrogen-bond donors (Lipinski definition) is 0. The molecular formula is C18H16S. The maximum absolute atomic E-state index is 2.43. The molecule has 2 aromatic carbocycles. The van der Waals surface area contributed by atoms with Gasteiger partial charge in [-0.1, -0.05) is 72.8 Å². The lowest BCUT2D eigenvalue weighted by Crippen LogP contribution is -2.28. The summed E-state index contributed by atoms with van der Waals surface area (Å²) in [7, 11) is 0. The first-order valence-electron chi connectivity index (χ1n) is 6.87. The van der Waals surface area contributed by atoms with Crippen LogP contribution in [-0.2, 0) is 4.75 Å². The Morgan fingerprint density at radius 1 is 0.789 bits per heavy atom. The van der Waals surface area contributed by atoms with Gasteiger partial charge < -0.3 is 0 Å². The highest BCUT2D eigenvalue weighted by molar-refractivity contribution is 8.01. The van der Waals surface area contributed by atoms with Crippen molar-refractivity contribution >= 4 is 11.8 Å². The van der Waals surface area contributed by atoms with Gasteiger partial charge in [0.15, 0.2) is 0 Å². The molecule has 2 aromatic rings. The Kier molecular flexibility index (Phi) is 2.56. The number of thioether (sulfide) groups is 1. The van der Waals surface area contributed by atoms with Crippen LogP contribution in [0, 0.1) is 5.92 Å². The molecule has 2 atom stereocenters. The summed E-state index contributed by atoms with van der Waals surface area (Å²) in [4.78, 5) is 0. The van der Waals surface area contributed by atoms with E-state index in [9.17, 15) is 0 Å². The van der Waals surface area contributed by atoms with Gasteiger partial charge in [-0.3, -0.25) is 0 Å². The van der Waals surface area contributed by atoms with E-state index in [1.54, 1.807) is 0 Å². The van der Waals surface area contributed by atoms with Gasteiger partial charge >= 0.3 is 0 Å². The topological polar surface area (TPSA) is 0 Å². The van der Waals surface area contributed by atoms with E-state index in [4.69, 9.17) is 0 Å². The molecular weight excluding hydrogens is 248 g/mol. The van der Waals surface area contributed by atoms with E-state index in [0.717, 1.165) is 0 Å². The quantitative estimate of drug-likeness (QED) is 0.713. The molecule has 0 N–H and O–H groups in total. The second kappa shape index (κ2) is 4.28. The van der Waals surface area contributed by atoms with Gasteiger partial charge in [0.1, 0.15) is 0 Å². The van der Waals surface area contributed by atoms with Crippen molar-refractivity contribution in [2.45, 2.75) is 16.4 Å². The molecule has 1 saturated heterocycles. The summed E-state index contributed by atoms with van der Waals surface area (Å²) in [5.41, 5.74) is 2.89. The van der Waals surface area contributed by atoms with Crippen LogP contribution < -0.4 is 0 Å². The van der Waals surface area contributed by atoms with Gasteiger partial charge in [0.2, 0.25) is 0 Å². The lowest BCUT2D eigenvalue weighted by molar-refractivity contribution is 0.550. The molecule has 2 aliphatic rings. The largest absolute Gasteiger partial charge is 0.137 e. The van der Waals surface area contributed by atoms with Gasteiger partial charge in [0.05, 0.1) is 4.75 Å². The van der Waals surface area contributed by atoms with Crippen LogP contribution in [0.15, 0.2) is 72.8 Å². The number of rotatable bonds is 2. The zero-order valence-electron chi connectivity index (χ0n) is 10.7. The van der Waals surface area contributed by atoms with Crippen molar-refractivity contribution in [3.63, 3.8) is 0 Å². The van der Waals surface area contributed by atoms with Crippen molar-refractivity contribution in [3.05, 3.63) is 83.9 Å². The molecule has 2 unspecified atom stereocenters. The van der Waals surface area contributed by atoms with E-state index >= 15 is 0 Å². The predicted octanol–water partition coefficient (Wildman–Crippen LogP) is 4.62. The molecule has 19 heavy (non-hydrogen) atoms. The van der Waals surface area contributed by atoms with Crippen molar-refractivity contribution in [2.75, 3.05) is 0 Å². The molecule has 1 heteroatoms. The molecule has 2 bridgehead atoms. The molecule has 0 aromatic heterocycles. The Morgan fingerprint density at radius 3 is 1.79 bits per heavy atom. The minimum atomic E-state index is 0.127. The third-order valence-electron chi connectivity index (χ3n) is 4.31. The fraction of sp³-hybridized carbons (Fsp3) is 0.222. The molecule has 0 spiro atoms. The Hall–Kier alpha value is -1.47. The zero-order chi connectivity index (χ0) is 12.7. The van der Waals surface area contributed by atoms with Crippen LogP contribution in [0.3, 0.4) is 0 Å². The smallest absolute Gasteiger partial charge is 0.0725 e. The highest BCUT2D eigenvalue weighted by atomic mass is 32.2. The monoisotopic (exact) mass is 264 g/mol. The van der Waals surface area contributed by atoms with Crippen molar-refractivity contribution < 1.29 is 0 Å². The normalized spacial score (nSPS) is 26.7. The Bertz CT molecular complexity index is 561. The Morgan fingerprint density at radius 2 is 1.37 bits per heavy atom. The van der Waals surface area contributed by atoms with Crippen molar-refractivity contribution in [1.82, 2.24) is 0 Å². The lowest BCUT2D eigenvalue weighted by atomic mass is 9.79. The van der Waals surface area contributed by atoms with Gasteiger partial charge in [-0.15, -0.1) is 11.8 Å². The maximum atomic E-state index is 2.43. The van der Waals surface area contributed by atoms with E-state index in [0.29, 0.717) is 11.2 Å². The summed E-state index contributed by atoms with van der Waals surface area (Å²) >= 11 is 2.13. The fourth-order valence-corrected chi connectivity index (χ4v) is 5.33. The third-order valence-corrected chi connectivity index (χ3v) is 6.11. The number of allylic oxidation sites excluding steroid dienone is 1. The highest BCUT2D eigenvalue weighted by Gasteiger charge is 2.51. The van der Waals surface area contributed by atoms with Gasteiger partial charge in [-0.2, -0.15) is 0 Å². The van der Waals surface area contributed by atoms with Crippen LogP contribution in [0.25, 0.3) is 0 Å². The van der Waals surface area contributed by atoms with E-state index in [-0.39, 0.29) is 4.75 Å². The van der Waals surface area contributed by atoms with Crippen LogP contribution in [-0.4, -0.2) is 5.25 Å². The molecule has 0 saturated carbocycles. The summed E-state index contributed by atoms with van der Waals surface area (Å²) in [6, 6.07) is 22.0. The zero-order valence-corrected chi connectivity index (χ0v) is 11.5. The minimum Gasteiger partial charge on any atom is -0.137 e. The van der Waals surface area contributed by atoms with E-state index in [1.165, 1.54) is 17.5 Å². The van der Waals surface area contributed by atoms with E-state index < -0.39 is 0 Å². The van der Waals surface area contributed by atoms with Gasteiger partial charge in [-0.25, -0.2) is 0 Å². The maximum Gasteiger partial charge on any atom is 0.0725 e. The second-order valence-electron chi connectivity index (χ2n) is 5.35. The Labute approximate surface area is 118 Å². The lowest BCUT2D eigenvalue weighted by Gasteiger charge is -2.36. The molecule has 1 aliphatic heterocycles. The van der Waals surface area contributed by atoms with Gasteiger partial charge in [0, 0.05) is 11.2 Å². The molecule has 0 nitrogen and oxygen atoms in total. The van der Waals surface area contributed by atoms with Crippen molar-refractivity contribution in [3.8, 4) is 0 Å². The Balaban J connectivity index is 1.93. The van der Waals surface area contributed by atoms with Crippen LogP contribution in [0.5, 0.6) is 0 Å². The second-order valence-corrected chi connectivity index (χ2v) is 6.84. The molecule has 1 aliphatic carbocycles. The summed E-state index contributed by atoms with van der Waals surface area (Å²) in [6.07, 6.45) is 6.11. The molecule has 4 rings (SSSR count). The average Bonchev–Trinajstić information content (AvgIpc) is 3.10. The first-order chi connectivity index (χ1) is 9.39. The van der Waals surface area contributed by atoms with Crippen LogP contribution >= 0.6 is 11.8 Å². The van der Waals surface area contributed by atoms with Crippen molar-refractivity contribution in [1.29, 1.82) is 0 Å². The third kappa shape index (κ3) is 1.61. The average molecular weight is 264 g/mol. The van der Waals surface area contributed by atoms with Gasteiger partial charge in [-0.05, 0) is 17.5 Å². The first-order valence-corrected chi connectivity index (χ1v) is 7.75. The molecule has 0 amide bonds. The minimum absolute atomic E-state index is 0.127.